The summed E-state index contributed by atoms with van der Waals surface area (Å²) in [5.74, 6) is 0.253. The molecule has 0 aromatic heterocycles. The van der Waals surface area contributed by atoms with Gasteiger partial charge in [-0.25, -0.2) is 0 Å². The van der Waals surface area contributed by atoms with Gasteiger partial charge in [0.1, 0.15) is 0 Å². The van der Waals surface area contributed by atoms with Gasteiger partial charge in [0.15, 0.2) is 0 Å². The molecule has 3 nitrogen and oxygen atoms in total. The molecule has 0 aliphatic carbocycles. The maximum atomic E-state index is 11.7. The number of nitrogens with one attached hydrogen (secondary N) is 1. The second-order valence-electron chi connectivity index (χ2n) is 5.21. The first-order valence-electron chi connectivity index (χ1n) is 7.37. The van der Waals surface area contributed by atoms with Crippen LogP contribution < -0.4 is 10.2 Å². The third-order valence-corrected chi connectivity index (χ3v) is 3.90. The van der Waals surface area contributed by atoms with Crippen molar-refractivity contribution in [2.24, 2.45) is 0 Å². The van der Waals surface area contributed by atoms with Gasteiger partial charge in [-0.3, -0.25) is 4.79 Å². The van der Waals surface area contributed by atoms with Crippen LogP contribution in [0.3, 0.4) is 0 Å². The number of rotatable bonds is 6. The highest BCUT2D eigenvalue weighted by Gasteiger charge is 2.21. The highest BCUT2D eigenvalue weighted by Crippen LogP contribution is 2.21. The molecule has 3 heteroatoms. The van der Waals surface area contributed by atoms with Crippen molar-refractivity contribution in [3.05, 3.63) is 29.8 Å². The quantitative estimate of drug-likeness (QED) is 0.852. The van der Waals surface area contributed by atoms with Crippen molar-refractivity contribution < 1.29 is 4.79 Å². The molecular weight excluding hydrogens is 236 g/mol. The zero-order valence-corrected chi connectivity index (χ0v) is 12.0. The smallest absolute Gasteiger partial charge is 0.227 e. The Morgan fingerprint density at radius 1 is 1.21 bits per heavy atom. The number of amides is 1. The third kappa shape index (κ3) is 3.57. The first-order valence-corrected chi connectivity index (χ1v) is 7.37. The van der Waals surface area contributed by atoms with Gasteiger partial charge in [-0.15, -0.1) is 0 Å². The summed E-state index contributed by atoms with van der Waals surface area (Å²) in [5.41, 5.74) is 2.32. The van der Waals surface area contributed by atoms with E-state index in [0.29, 0.717) is 12.5 Å². The van der Waals surface area contributed by atoms with Gasteiger partial charge in [0.2, 0.25) is 5.91 Å². The minimum Gasteiger partial charge on any atom is -0.312 e. The molecule has 2 rings (SSSR count). The lowest BCUT2D eigenvalue weighted by Gasteiger charge is -2.17. The number of carbonyl (C=O) groups excluding carboxylic acids is 1. The van der Waals surface area contributed by atoms with Crippen LogP contribution >= 0.6 is 0 Å². The monoisotopic (exact) mass is 260 g/mol. The molecule has 1 heterocycles. The van der Waals surface area contributed by atoms with Crippen LogP contribution in [0, 0.1) is 0 Å². The number of benzene rings is 1. The average molecular weight is 260 g/mol. The van der Waals surface area contributed by atoms with E-state index in [-0.39, 0.29) is 5.91 Å². The third-order valence-electron chi connectivity index (χ3n) is 3.90. The first-order chi connectivity index (χ1) is 9.24. The predicted molar refractivity (Wildman–Crippen MR) is 79.2 cm³/mol. The van der Waals surface area contributed by atoms with E-state index in [4.69, 9.17) is 0 Å². The fraction of sp³-hybridized carbons (Fsp3) is 0.562. The highest BCUT2D eigenvalue weighted by molar-refractivity contribution is 5.95. The molecule has 1 aliphatic heterocycles. The molecule has 0 spiro atoms. The van der Waals surface area contributed by atoms with Gasteiger partial charge in [0.25, 0.3) is 0 Å². The van der Waals surface area contributed by atoms with E-state index in [1.165, 1.54) is 5.56 Å². The van der Waals surface area contributed by atoms with Crippen molar-refractivity contribution in [3.63, 3.8) is 0 Å². The van der Waals surface area contributed by atoms with Crippen molar-refractivity contribution in [1.29, 1.82) is 0 Å². The van der Waals surface area contributed by atoms with Gasteiger partial charge in [-0.05, 0) is 37.0 Å². The van der Waals surface area contributed by atoms with E-state index in [0.717, 1.165) is 38.0 Å². The summed E-state index contributed by atoms with van der Waals surface area (Å²) < 4.78 is 0. The Balaban J connectivity index is 1.93. The topological polar surface area (TPSA) is 32.3 Å². The van der Waals surface area contributed by atoms with Crippen LogP contribution in [-0.2, 0) is 11.3 Å². The van der Waals surface area contributed by atoms with Gasteiger partial charge < -0.3 is 10.2 Å². The van der Waals surface area contributed by atoms with Crippen LogP contribution in [0.2, 0.25) is 0 Å². The summed E-state index contributed by atoms with van der Waals surface area (Å²) in [6.45, 7) is 6.19. The Kier molecular flexibility index (Phi) is 4.97. The summed E-state index contributed by atoms with van der Waals surface area (Å²) in [6, 6.07) is 8.97. The van der Waals surface area contributed by atoms with Crippen LogP contribution in [0.1, 0.15) is 45.1 Å². The van der Waals surface area contributed by atoms with Crippen molar-refractivity contribution in [2.45, 2.75) is 52.1 Å². The van der Waals surface area contributed by atoms with E-state index in [9.17, 15) is 4.79 Å². The van der Waals surface area contributed by atoms with Gasteiger partial charge in [-0.2, -0.15) is 0 Å². The van der Waals surface area contributed by atoms with Gasteiger partial charge >= 0.3 is 0 Å². The summed E-state index contributed by atoms with van der Waals surface area (Å²) in [5, 5.41) is 3.55. The molecule has 0 atom stereocenters. The molecule has 1 saturated heterocycles. The van der Waals surface area contributed by atoms with Crippen molar-refractivity contribution in [3.8, 4) is 0 Å². The summed E-state index contributed by atoms with van der Waals surface area (Å²) >= 11 is 0. The van der Waals surface area contributed by atoms with E-state index in [1.54, 1.807) is 0 Å². The second-order valence-corrected chi connectivity index (χ2v) is 5.21. The molecule has 0 saturated carbocycles. The fourth-order valence-corrected chi connectivity index (χ4v) is 2.55. The first kappa shape index (κ1) is 14.1. The lowest BCUT2D eigenvalue weighted by atomic mass is 10.1. The van der Waals surface area contributed by atoms with Gasteiger partial charge in [-0.1, -0.05) is 26.0 Å². The Morgan fingerprint density at radius 3 is 2.42 bits per heavy atom. The molecule has 0 radical (unpaired) electrons. The molecule has 1 fully saturated rings. The Labute approximate surface area is 116 Å². The molecule has 1 aromatic carbocycles. The zero-order chi connectivity index (χ0) is 13.7. The second kappa shape index (κ2) is 6.71. The van der Waals surface area contributed by atoms with Crippen molar-refractivity contribution >= 4 is 11.6 Å². The minimum absolute atomic E-state index is 0.253. The largest absolute Gasteiger partial charge is 0.312 e. The average Bonchev–Trinajstić information content (AvgIpc) is 2.87. The Hall–Kier alpha value is -1.35. The fourth-order valence-electron chi connectivity index (χ4n) is 2.55. The summed E-state index contributed by atoms with van der Waals surface area (Å²) in [4.78, 5) is 13.6. The lowest BCUT2D eigenvalue weighted by molar-refractivity contribution is -0.117. The minimum atomic E-state index is 0.253. The number of hydrogen-bond acceptors (Lipinski definition) is 2. The summed E-state index contributed by atoms with van der Waals surface area (Å²) in [6.07, 6.45) is 4.00. The van der Waals surface area contributed by atoms with E-state index in [2.05, 4.69) is 43.4 Å². The molecule has 1 aromatic rings. The van der Waals surface area contributed by atoms with Crippen LogP contribution in [-0.4, -0.2) is 18.5 Å². The van der Waals surface area contributed by atoms with Crippen LogP contribution in [0.15, 0.2) is 24.3 Å². The molecule has 104 valence electrons. The number of nitrogens with zero attached hydrogens (tertiary/aromatic N) is 1. The van der Waals surface area contributed by atoms with Crippen LogP contribution in [0.4, 0.5) is 5.69 Å². The number of anilines is 1. The maximum absolute atomic E-state index is 11.7. The maximum Gasteiger partial charge on any atom is 0.227 e. The normalized spacial score (nSPS) is 15.5. The molecular formula is C16H24N2O. The van der Waals surface area contributed by atoms with Gasteiger partial charge in [0.05, 0.1) is 0 Å². The lowest BCUT2D eigenvalue weighted by Crippen LogP contribution is -2.27. The number of carbonyl (C=O) groups is 1. The molecule has 0 bridgehead atoms. The highest BCUT2D eigenvalue weighted by atomic mass is 16.2. The SMILES string of the molecule is CCC(CC)NCc1ccc(N2CCCC2=O)cc1. The molecule has 0 unspecified atom stereocenters. The molecule has 1 amide bonds. The summed E-state index contributed by atoms with van der Waals surface area (Å²) in [7, 11) is 0. The molecule has 1 N–H and O–H groups in total. The van der Waals surface area contributed by atoms with E-state index < -0.39 is 0 Å². The van der Waals surface area contributed by atoms with Crippen LogP contribution in [0.25, 0.3) is 0 Å². The molecule has 19 heavy (non-hydrogen) atoms. The van der Waals surface area contributed by atoms with Crippen LogP contribution in [0.5, 0.6) is 0 Å². The number of hydrogen-bond donors (Lipinski definition) is 1. The Morgan fingerprint density at radius 2 is 1.89 bits per heavy atom. The van der Waals surface area contributed by atoms with E-state index >= 15 is 0 Å². The van der Waals surface area contributed by atoms with Gasteiger partial charge in [0, 0.05) is 31.2 Å². The van der Waals surface area contributed by atoms with Crippen molar-refractivity contribution in [2.75, 3.05) is 11.4 Å². The standard InChI is InChI=1S/C16H24N2O/c1-3-14(4-2)17-12-13-7-9-15(10-8-13)18-11-5-6-16(18)19/h7-10,14,17H,3-6,11-12H2,1-2H3. The Bertz CT molecular complexity index is 409. The molecule has 1 aliphatic rings. The zero-order valence-electron chi connectivity index (χ0n) is 12.0. The van der Waals surface area contributed by atoms with Crippen molar-refractivity contribution in [1.82, 2.24) is 5.32 Å². The predicted octanol–water partition coefficient (Wildman–Crippen LogP) is 3.09. The van der Waals surface area contributed by atoms with E-state index in [1.807, 2.05) is 4.90 Å².